The van der Waals surface area contributed by atoms with Gasteiger partial charge in [-0.1, -0.05) is 98.8 Å². The average molecular weight is 436 g/mol. The maximum Gasteiger partial charge on any atom is 0.0719 e. The molecule has 2 aliphatic rings. The fourth-order valence-electron chi connectivity index (χ4n) is 6.58. The van der Waals surface area contributed by atoms with Crippen LogP contribution >= 0.6 is 0 Å². The highest BCUT2D eigenvalue weighted by atomic mass is 14.6. The van der Waals surface area contributed by atoms with Crippen LogP contribution in [0.25, 0.3) is 22.3 Å². The number of aromatic nitrogens is 1. The highest BCUT2D eigenvalue weighted by Crippen LogP contribution is 2.62. The van der Waals surface area contributed by atoms with Crippen LogP contribution in [0.1, 0.15) is 47.2 Å². The van der Waals surface area contributed by atoms with E-state index < -0.39 is 0 Å². The molecule has 2 aliphatic carbocycles. The molecule has 0 atom stereocenters. The lowest BCUT2D eigenvalue weighted by molar-refractivity contribution is 0.563. The predicted molar refractivity (Wildman–Crippen MR) is 139 cm³/mol. The molecular formula is C33H25N. The van der Waals surface area contributed by atoms with Crippen molar-refractivity contribution in [2.45, 2.75) is 24.7 Å². The molecule has 1 heteroatoms. The van der Waals surface area contributed by atoms with Crippen molar-refractivity contribution in [3.8, 4) is 22.3 Å². The van der Waals surface area contributed by atoms with Crippen molar-refractivity contribution < 1.29 is 0 Å². The Labute approximate surface area is 200 Å². The molecule has 162 valence electrons. The van der Waals surface area contributed by atoms with Crippen LogP contribution in [-0.4, -0.2) is 4.98 Å². The van der Waals surface area contributed by atoms with Gasteiger partial charge >= 0.3 is 0 Å². The Balaban J connectivity index is 1.67. The van der Waals surface area contributed by atoms with E-state index in [1.165, 1.54) is 55.6 Å². The second kappa shape index (κ2) is 6.77. The van der Waals surface area contributed by atoms with Crippen LogP contribution < -0.4 is 0 Å². The topological polar surface area (TPSA) is 12.9 Å². The number of pyridine rings is 1. The van der Waals surface area contributed by atoms with Crippen LogP contribution in [0.2, 0.25) is 0 Å². The molecule has 1 aromatic heterocycles. The molecule has 0 unspecified atom stereocenters. The smallest absolute Gasteiger partial charge is 0.0719 e. The van der Waals surface area contributed by atoms with Crippen LogP contribution in [-0.2, 0) is 10.8 Å². The first-order valence-corrected chi connectivity index (χ1v) is 12.0. The summed E-state index contributed by atoms with van der Waals surface area (Å²) in [4.78, 5) is 4.23. The third-order valence-corrected chi connectivity index (χ3v) is 8.07. The summed E-state index contributed by atoms with van der Waals surface area (Å²) in [6.07, 6.45) is 3.75. The lowest BCUT2D eigenvalue weighted by Crippen LogP contribution is -2.40. The third kappa shape index (κ3) is 2.32. The maximum absolute atomic E-state index is 4.23. The molecule has 4 aromatic carbocycles. The number of hydrogen-bond acceptors (Lipinski definition) is 1. The highest BCUT2D eigenvalue weighted by Gasteiger charge is 2.53. The van der Waals surface area contributed by atoms with Gasteiger partial charge in [0.2, 0.25) is 0 Å². The van der Waals surface area contributed by atoms with Gasteiger partial charge in [-0.15, -0.1) is 0 Å². The lowest BCUT2D eigenvalue weighted by Gasteiger charge is -2.46. The quantitative estimate of drug-likeness (QED) is 0.257. The van der Waals surface area contributed by atoms with Crippen molar-refractivity contribution in [1.29, 1.82) is 0 Å². The van der Waals surface area contributed by atoms with Gasteiger partial charge in [0.15, 0.2) is 0 Å². The molecule has 0 saturated carbocycles. The molecule has 1 heterocycles. The van der Waals surface area contributed by atoms with Crippen LogP contribution in [0.15, 0.2) is 116 Å². The molecule has 0 N–H and O–H groups in total. The van der Waals surface area contributed by atoms with E-state index in [4.69, 9.17) is 0 Å². The number of hydrogen-bond donors (Lipinski definition) is 0. The van der Waals surface area contributed by atoms with Gasteiger partial charge in [-0.05, 0) is 73.8 Å². The Morgan fingerprint density at radius 3 is 1.65 bits per heavy atom. The van der Waals surface area contributed by atoms with E-state index in [-0.39, 0.29) is 10.8 Å². The predicted octanol–water partition coefficient (Wildman–Crippen LogP) is 7.75. The normalized spacial score (nSPS) is 15.8. The average Bonchev–Trinajstić information content (AvgIpc) is 3.19. The Hall–Kier alpha value is -3.97. The molecule has 0 fully saturated rings. The summed E-state index contributed by atoms with van der Waals surface area (Å²) in [5.74, 6) is 0. The summed E-state index contributed by atoms with van der Waals surface area (Å²) < 4.78 is 0. The fraction of sp³-hybridized carbons (Fsp3) is 0.121. The number of nitrogens with zero attached hydrogens (tertiary/aromatic N) is 1. The zero-order valence-corrected chi connectivity index (χ0v) is 19.4. The van der Waals surface area contributed by atoms with Gasteiger partial charge in [-0.3, -0.25) is 4.98 Å². The molecule has 0 aliphatic heterocycles. The first-order valence-electron chi connectivity index (χ1n) is 12.0. The first kappa shape index (κ1) is 19.5. The first-order chi connectivity index (χ1) is 16.6. The Kier molecular flexibility index (Phi) is 3.88. The van der Waals surface area contributed by atoms with Crippen molar-refractivity contribution in [3.63, 3.8) is 0 Å². The van der Waals surface area contributed by atoms with Gasteiger partial charge in [-0.25, -0.2) is 0 Å². The molecule has 0 amide bonds. The zero-order valence-electron chi connectivity index (χ0n) is 19.4. The van der Waals surface area contributed by atoms with E-state index in [1.807, 2.05) is 12.4 Å². The Bertz CT molecular complexity index is 1530. The molecule has 7 rings (SSSR count). The molecular weight excluding hydrogens is 410 g/mol. The van der Waals surface area contributed by atoms with Crippen LogP contribution in [0.4, 0.5) is 0 Å². The van der Waals surface area contributed by atoms with Gasteiger partial charge in [0.1, 0.15) is 0 Å². The van der Waals surface area contributed by atoms with E-state index in [9.17, 15) is 0 Å². The third-order valence-electron chi connectivity index (χ3n) is 8.07. The van der Waals surface area contributed by atoms with Crippen LogP contribution in [0.3, 0.4) is 0 Å². The molecule has 34 heavy (non-hydrogen) atoms. The minimum absolute atomic E-state index is 0.0706. The summed E-state index contributed by atoms with van der Waals surface area (Å²) in [7, 11) is 0. The number of fused-ring (bicyclic) bond motifs is 9. The number of benzene rings is 4. The molecule has 1 nitrogen and oxygen atoms in total. The summed E-state index contributed by atoms with van der Waals surface area (Å²) in [5, 5.41) is 0. The fourth-order valence-corrected chi connectivity index (χ4v) is 6.58. The minimum Gasteiger partial charge on any atom is -0.265 e. The van der Waals surface area contributed by atoms with Crippen molar-refractivity contribution >= 4 is 0 Å². The van der Waals surface area contributed by atoms with Gasteiger partial charge < -0.3 is 0 Å². The van der Waals surface area contributed by atoms with Crippen molar-refractivity contribution in [2.75, 3.05) is 0 Å². The van der Waals surface area contributed by atoms with Gasteiger partial charge in [0.25, 0.3) is 0 Å². The van der Waals surface area contributed by atoms with Crippen LogP contribution in [0, 0.1) is 0 Å². The highest BCUT2D eigenvalue weighted by molar-refractivity contribution is 5.90. The Morgan fingerprint density at radius 1 is 0.471 bits per heavy atom. The van der Waals surface area contributed by atoms with E-state index >= 15 is 0 Å². The lowest BCUT2D eigenvalue weighted by atomic mass is 9.55. The monoisotopic (exact) mass is 435 g/mol. The van der Waals surface area contributed by atoms with E-state index in [0.717, 1.165) is 0 Å². The summed E-state index contributed by atoms with van der Waals surface area (Å²) >= 11 is 0. The number of rotatable bonds is 1. The van der Waals surface area contributed by atoms with Gasteiger partial charge in [0, 0.05) is 17.8 Å². The zero-order chi connectivity index (χ0) is 22.9. The van der Waals surface area contributed by atoms with Gasteiger partial charge in [-0.2, -0.15) is 0 Å². The van der Waals surface area contributed by atoms with Crippen molar-refractivity contribution in [3.05, 3.63) is 149 Å². The second-order valence-electron chi connectivity index (χ2n) is 10.0. The van der Waals surface area contributed by atoms with E-state index in [1.54, 1.807) is 0 Å². The summed E-state index contributed by atoms with van der Waals surface area (Å²) in [6, 6.07) is 38.4. The second-order valence-corrected chi connectivity index (χ2v) is 10.0. The minimum atomic E-state index is -0.336. The molecule has 1 spiro atoms. The molecule has 5 aromatic rings. The largest absolute Gasteiger partial charge is 0.265 e. The summed E-state index contributed by atoms with van der Waals surface area (Å²) in [6.45, 7) is 4.74. The van der Waals surface area contributed by atoms with Gasteiger partial charge in [0.05, 0.1) is 5.41 Å². The van der Waals surface area contributed by atoms with E-state index in [2.05, 4.69) is 122 Å². The standard InChI is InChI=1S/C33H25N/c1-32(2)27-11-5-7-13-29(27)33(30-14-8-6-12-28(30)32)26-10-4-3-9-24(26)25-16-15-23(21-31(25)33)22-17-19-34-20-18-22/h3-21H,1-2H3. The SMILES string of the molecule is CC1(C)c2ccccc2C2(c3ccccc3-c3ccc(-c4ccncc4)cc32)c2ccccc21. The van der Waals surface area contributed by atoms with E-state index in [0.29, 0.717) is 0 Å². The summed E-state index contributed by atoms with van der Waals surface area (Å²) in [5.41, 5.74) is 13.1. The van der Waals surface area contributed by atoms with Crippen LogP contribution in [0.5, 0.6) is 0 Å². The molecule has 0 bridgehead atoms. The van der Waals surface area contributed by atoms with Crippen molar-refractivity contribution in [2.24, 2.45) is 0 Å². The maximum atomic E-state index is 4.23. The van der Waals surface area contributed by atoms with Crippen molar-refractivity contribution in [1.82, 2.24) is 4.98 Å². The molecule has 0 radical (unpaired) electrons. The Morgan fingerprint density at radius 2 is 1.00 bits per heavy atom. The molecule has 0 saturated heterocycles.